The molecule has 1 fully saturated rings. The highest BCUT2D eigenvalue weighted by Crippen LogP contribution is 2.38. The maximum atomic E-state index is 13.4. The smallest absolute Gasteiger partial charge is 0.278 e. The van der Waals surface area contributed by atoms with Gasteiger partial charge in [0.1, 0.15) is 0 Å². The quantitative estimate of drug-likeness (QED) is 0.111. The van der Waals surface area contributed by atoms with Crippen LogP contribution in [0.3, 0.4) is 0 Å². The number of nitrogens with zero attached hydrogens (tertiary/aromatic N) is 3. The molecule has 1 amide bonds. The maximum Gasteiger partial charge on any atom is 0.278 e. The molecule has 1 aliphatic rings. The number of carbonyl (C=O) groups is 1. The molecule has 0 bridgehead atoms. The van der Waals surface area contributed by atoms with Crippen molar-refractivity contribution in [2.24, 2.45) is 16.8 Å². The summed E-state index contributed by atoms with van der Waals surface area (Å²) >= 11 is 1.08. The molecule has 10 heteroatoms. The number of nitrogens with two attached hydrogens (primary N) is 2. The summed E-state index contributed by atoms with van der Waals surface area (Å²) in [5.74, 6) is 11.4. The molecule has 35 heavy (non-hydrogen) atoms. The maximum absolute atomic E-state index is 13.4. The highest BCUT2D eigenvalue weighted by atomic mass is 32.2. The van der Waals surface area contributed by atoms with Crippen LogP contribution in [0.25, 0.3) is 10.8 Å². The first-order chi connectivity index (χ1) is 16.9. The Bertz CT molecular complexity index is 1270. The molecule has 5 N–H and O–H groups in total. The van der Waals surface area contributed by atoms with E-state index in [-0.39, 0.29) is 16.4 Å². The summed E-state index contributed by atoms with van der Waals surface area (Å²) in [6, 6.07) is 16.0. The molecule has 3 aromatic rings. The van der Waals surface area contributed by atoms with E-state index in [1.165, 1.54) is 48.7 Å². The van der Waals surface area contributed by atoms with Gasteiger partial charge in [0.25, 0.3) is 11.6 Å². The van der Waals surface area contributed by atoms with E-state index < -0.39 is 10.8 Å². The number of anilines is 1. The summed E-state index contributed by atoms with van der Waals surface area (Å²) in [6.07, 6.45) is 6.16. The number of amides is 1. The molecule has 0 spiro atoms. The SMILES string of the molecule is CN(N)/C(=N\N)Sc1c(C(=O)Nc2ccc(C3CCCCC3)cc2)cc([N+](=O)[O-])c2ccccc12. The van der Waals surface area contributed by atoms with Crippen molar-refractivity contribution in [1.82, 2.24) is 5.01 Å². The number of hydrogen-bond acceptors (Lipinski definition) is 7. The van der Waals surface area contributed by atoms with E-state index >= 15 is 0 Å². The Morgan fingerprint density at radius 3 is 2.37 bits per heavy atom. The lowest BCUT2D eigenvalue weighted by Crippen LogP contribution is -2.32. The molecule has 0 saturated heterocycles. The van der Waals surface area contributed by atoms with Gasteiger partial charge in [-0.3, -0.25) is 19.9 Å². The fourth-order valence-electron chi connectivity index (χ4n) is 4.51. The lowest BCUT2D eigenvalue weighted by molar-refractivity contribution is -0.383. The van der Waals surface area contributed by atoms with Gasteiger partial charge in [-0.1, -0.05) is 49.6 Å². The summed E-state index contributed by atoms with van der Waals surface area (Å²) in [5.41, 5.74) is 1.87. The summed E-state index contributed by atoms with van der Waals surface area (Å²) < 4.78 is 0. The van der Waals surface area contributed by atoms with Crippen molar-refractivity contribution in [3.63, 3.8) is 0 Å². The van der Waals surface area contributed by atoms with Gasteiger partial charge in [-0.05, 0) is 54.3 Å². The fraction of sp³-hybridized carbons (Fsp3) is 0.280. The Balaban J connectivity index is 1.71. The second-order valence-electron chi connectivity index (χ2n) is 8.61. The molecule has 0 heterocycles. The second kappa shape index (κ2) is 10.7. The van der Waals surface area contributed by atoms with Crippen LogP contribution in [0.2, 0.25) is 0 Å². The number of nitro benzene ring substituents is 1. The summed E-state index contributed by atoms with van der Waals surface area (Å²) in [4.78, 5) is 25.2. The molecule has 1 aliphatic carbocycles. The van der Waals surface area contributed by atoms with Crippen LogP contribution in [0.5, 0.6) is 0 Å². The number of hydrogen-bond donors (Lipinski definition) is 3. The van der Waals surface area contributed by atoms with Gasteiger partial charge < -0.3 is 11.2 Å². The highest BCUT2D eigenvalue weighted by Gasteiger charge is 2.25. The number of carbonyl (C=O) groups excluding carboxylic acids is 1. The molecule has 3 aromatic carbocycles. The Morgan fingerprint density at radius 2 is 1.77 bits per heavy atom. The van der Waals surface area contributed by atoms with Crippen LogP contribution in [0.15, 0.2) is 64.6 Å². The van der Waals surface area contributed by atoms with E-state index in [1.54, 1.807) is 31.3 Å². The average Bonchev–Trinajstić information content (AvgIpc) is 2.87. The van der Waals surface area contributed by atoms with Crippen molar-refractivity contribution in [2.75, 3.05) is 12.4 Å². The third-order valence-corrected chi connectivity index (χ3v) is 7.49. The van der Waals surface area contributed by atoms with E-state index in [0.29, 0.717) is 27.3 Å². The molecule has 0 radical (unpaired) electrons. The Kier molecular flexibility index (Phi) is 7.52. The predicted octanol–water partition coefficient (Wildman–Crippen LogP) is 5.18. The molecule has 0 atom stereocenters. The van der Waals surface area contributed by atoms with Crippen molar-refractivity contribution in [2.45, 2.75) is 42.9 Å². The molecule has 0 aromatic heterocycles. The van der Waals surface area contributed by atoms with Gasteiger partial charge in [-0.2, -0.15) is 5.10 Å². The number of benzene rings is 3. The molecular formula is C25H28N6O3S. The van der Waals surface area contributed by atoms with E-state index in [4.69, 9.17) is 11.7 Å². The number of hydrazine groups is 1. The third kappa shape index (κ3) is 5.39. The number of nitrogens with one attached hydrogen (secondary N) is 1. The van der Waals surface area contributed by atoms with Gasteiger partial charge in [0, 0.05) is 29.1 Å². The number of thioether (sulfide) groups is 1. The second-order valence-corrected chi connectivity index (χ2v) is 9.59. The van der Waals surface area contributed by atoms with Crippen molar-refractivity contribution in [1.29, 1.82) is 0 Å². The minimum Gasteiger partial charge on any atom is -0.322 e. The van der Waals surface area contributed by atoms with E-state index in [9.17, 15) is 14.9 Å². The molecular weight excluding hydrogens is 464 g/mol. The Morgan fingerprint density at radius 1 is 1.11 bits per heavy atom. The van der Waals surface area contributed by atoms with Crippen LogP contribution >= 0.6 is 11.8 Å². The van der Waals surface area contributed by atoms with Crippen molar-refractivity contribution in [3.8, 4) is 0 Å². The standard InChI is InChI=1S/C25H28N6O3S/c1-30(27)25(29-26)35-23-20-10-6-5-9-19(20)22(31(33)34)15-21(23)24(32)28-18-13-11-17(12-14-18)16-7-3-2-4-8-16/h5-6,9-16H,2-4,7-8,26-27H2,1H3,(H,28,32)/b29-25+. The number of rotatable bonds is 5. The minimum absolute atomic E-state index is 0.139. The van der Waals surface area contributed by atoms with E-state index in [1.807, 2.05) is 24.3 Å². The zero-order valence-corrected chi connectivity index (χ0v) is 20.3. The zero-order valence-electron chi connectivity index (χ0n) is 19.4. The average molecular weight is 493 g/mol. The van der Waals surface area contributed by atoms with Gasteiger partial charge in [0.2, 0.25) is 5.17 Å². The van der Waals surface area contributed by atoms with Crippen molar-refractivity contribution >= 4 is 45.0 Å². The number of non-ortho nitro benzene ring substituents is 1. The van der Waals surface area contributed by atoms with Crippen LogP contribution < -0.4 is 17.0 Å². The van der Waals surface area contributed by atoms with Gasteiger partial charge in [0.05, 0.1) is 15.9 Å². The van der Waals surface area contributed by atoms with Crippen LogP contribution in [0, 0.1) is 10.1 Å². The van der Waals surface area contributed by atoms with Crippen LogP contribution in [-0.4, -0.2) is 28.1 Å². The lowest BCUT2D eigenvalue weighted by atomic mass is 9.84. The molecule has 0 aliphatic heterocycles. The Labute approximate surface area is 207 Å². The fourth-order valence-corrected chi connectivity index (χ4v) is 5.44. The largest absolute Gasteiger partial charge is 0.322 e. The van der Waals surface area contributed by atoms with Crippen LogP contribution in [-0.2, 0) is 0 Å². The number of hydrazone groups is 1. The predicted molar refractivity (Wildman–Crippen MR) is 140 cm³/mol. The number of nitro groups is 1. The van der Waals surface area contributed by atoms with Gasteiger partial charge in [0.15, 0.2) is 0 Å². The Hall–Kier alpha value is -3.63. The first-order valence-corrected chi connectivity index (χ1v) is 12.3. The lowest BCUT2D eigenvalue weighted by Gasteiger charge is -2.22. The first kappa shape index (κ1) is 24.5. The highest BCUT2D eigenvalue weighted by molar-refractivity contribution is 8.14. The monoisotopic (exact) mass is 492 g/mol. The number of amidine groups is 1. The number of fused-ring (bicyclic) bond motifs is 1. The normalized spacial score (nSPS) is 14.6. The van der Waals surface area contributed by atoms with Crippen LogP contribution in [0.4, 0.5) is 11.4 Å². The molecule has 182 valence electrons. The first-order valence-electron chi connectivity index (χ1n) is 11.4. The topological polar surface area (TPSA) is 140 Å². The summed E-state index contributed by atoms with van der Waals surface area (Å²) in [5, 5.41) is 20.8. The van der Waals surface area contributed by atoms with Crippen LogP contribution in [0.1, 0.15) is 53.9 Å². The van der Waals surface area contributed by atoms with E-state index in [0.717, 1.165) is 11.8 Å². The van der Waals surface area contributed by atoms with Gasteiger partial charge in [-0.25, -0.2) is 5.84 Å². The van der Waals surface area contributed by atoms with Crippen molar-refractivity contribution in [3.05, 3.63) is 75.8 Å². The van der Waals surface area contributed by atoms with Crippen molar-refractivity contribution < 1.29 is 9.72 Å². The van der Waals surface area contributed by atoms with E-state index in [2.05, 4.69) is 10.4 Å². The molecule has 1 saturated carbocycles. The summed E-state index contributed by atoms with van der Waals surface area (Å²) in [6.45, 7) is 0. The third-order valence-electron chi connectivity index (χ3n) is 6.27. The molecule has 9 nitrogen and oxygen atoms in total. The summed E-state index contributed by atoms with van der Waals surface area (Å²) in [7, 11) is 1.57. The molecule has 4 rings (SSSR count). The van der Waals surface area contributed by atoms with Gasteiger partial charge >= 0.3 is 0 Å². The molecule has 0 unspecified atom stereocenters. The van der Waals surface area contributed by atoms with Gasteiger partial charge in [-0.15, -0.1) is 0 Å². The minimum atomic E-state index is -0.487. The zero-order chi connectivity index (χ0) is 24.9.